The Bertz CT molecular complexity index is 852. The van der Waals surface area contributed by atoms with E-state index in [1.54, 1.807) is 30.3 Å². The standard InChI is InChI=1S/C17H15ClN4O4/c1-2-9-19-17(24)21-12-5-3-11(4-6-12)20-16(23)14-10-13(22(25)26)7-8-15(14)18/h2-8,10H,1,9H2,(H,20,23)(H2,19,21,24). The summed E-state index contributed by atoms with van der Waals surface area (Å²) in [5, 5.41) is 18.7. The molecule has 8 nitrogen and oxygen atoms in total. The van der Waals surface area contributed by atoms with E-state index in [-0.39, 0.29) is 22.3 Å². The number of non-ortho nitro benzene ring substituents is 1. The molecule has 0 aliphatic heterocycles. The predicted octanol–water partition coefficient (Wildman–Crippen LogP) is 3.81. The van der Waals surface area contributed by atoms with E-state index in [0.717, 1.165) is 6.07 Å². The van der Waals surface area contributed by atoms with E-state index < -0.39 is 10.8 Å². The van der Waals surface area contributed by atoms with Crippen molar-refractivity contribution in [2.75, 3.05) is 17.2 Å². The largest absolute Gasteiger partial charge is 0.334 e. The van der Waals surface area contributed by atoms with Gasteiger partial charge in [0, 0.05) is 30.1 Å². The van der Waals surface area contributed by atoms with Gasteiger partial charge in [0.1, 0.15) is 0 Å². The molecule has 134 valence electrons. The van der Waals surface area contributed by atoms with Gasteiger partial charge in [0.2, 0.25) is 0 Å². The third-order valence-electron chi connectivity index (χ3n) is 3.21. The third kappa shape index (κ3) is 5.05. The zero-order valence-corrected chi connectivity index (χ0v) is 14.2. The molecule has 0 radical (unpaired) electrons. The Labute approximate surface area is 154 Å². The van der Waals surface area contributed by atoms with Crippen LogP contribution >= 0.6 is 11.6 Å². The molecule has 0 bridgehead atoms. The van der Waals surface area contributed by atoms with Crippen LogP contribution < -0.4 is 16.0 Å². The Balaban J connectivity index is 2.06. The normalized spacial score (nSPS) is 9.88. The van der Waals surface area contributed by atoms with E-state index in [1.807, 2.05) is 0 Å². The fourth-order valence-corrected chi connectivity index (χ4v) is 2.18. The van der Waals surface area contributed by atoms with E-state index in [1.165, 1.54) is 12.1 Å². The van der Waals surface area contributed by atoms with Crippen molar-refractivity contribution < 1.29 is 14.5 Å². The molecule has 0 spiro atoms. The van der Waals surface area contributed by atoms with Crippen LogP contribution in [0, 0.1) is 10.1 Å². The maximum Gasteiger partial charge on any atom is 0.319 e. The average molecular weight is 375 g/mol. The van der Waals surface area contributed by atoms with Crippen molar-refractivity contribution >= 4 is 40.6 Å². The third-order valence-corrected chi connectivity index (χ3v) is 3.54. The highest BCUT2D eigenvalue weighted by Crippen LogP contribution is 2.23. The van der Waals surface area contributed by atoms with E-state index in [2.05, 4.69) is 22.5 Å². The van der Waals surface area contributed by atoms with Gasteiger partial charge in [-0.3, -0.25) is 14.9 Å². The molecule has 0 atom stereocenters. The highest BCUT2D eigenvalue weighted by Gasteiger charge is 2.16. The number of halogens is 1. The lowest BCUT2D eigenvalue weighted by Gasteiger charge is -2.09. The summed E-state index contributed by atoms with van der Waals surface area (Å²) >= 11 is 5.94. The summed E-state index contributed by atoms with van der Waals surface area (Å²) in [6.45, 7) is 3.83. The Morgan fingerprint density at radius 1 is 1.12 bits per heavy atom. The monoisotopic (exact) mass is 374 g/mol. The minimum absolute atomic E-state index is 0.00753. The number of carbonyl (C=O) groups excluding carboxylic acids is 2. The summed E-state index contributed by atoms with van der Waals surface area (Å²) in [6, 6.07) is 9.58. The van der Waals surface area contributed by atoms with Crippen molar-refractivity contribution in [1.29, 1.82) is 0 Å². The van der Waals surface area contributed by atoms with Gasteiger partial charge in [0.05, 0.1) is 15.5 Å². The zero-order chi connectivity index (χ0) is 19.1. The van der Waals surface area contributed by atoms with Crippen LogP contribution in [0.5, 0.6) is 0 Å². The summed E-state index contributed by atoms with van der Waals surface area (Å²) in [6.07, 6.45) is 1.55. The molecule has 0 unspecified atom stereocenters. The molecule has 26 heavy (non-hydrogen) atoms. The Kier molecular flexibility index (Phi) is 6.29. The number of rotatable bonds is 6. The number of benzene rings is 2. The first-order valence-corrected chi connectivity index (χ1v) is 7.79. The molecule has 0 fully saturated rings. The number of amides is 3. The Morgan fingerprint density at radius 2 is 1.73 bits per heavy atom. The lowest BCUT2D eigenvalue weighted by molar-refractivity contribution is -0.384. The van der Waals surface area contributed by atoms with E-state index in [9.17, 15) is 19.7 Å². The van der Waals surface area contributed by atoms with Crippen LogP contribution in [0.3, 0.4) is 0 Å². The summed E-state index contributed by atoms with van der Waals surface area (Å²) < 4.78 is 0. The molecule has 0 aromatic heterocycles. The second kappa shape index (κ2) is 8.63. The molecule has 2 rings (SSSR count). The van der Waals surface area contributed by atoms with Crippen LogP contribution in [0.2, 0.25) is 5.02 Å². The number of nitrogens with one attached hydrogen (secondary N) is 3. The number of carbonyl (C=O) groups is 2. The van der Waals surface area contributed by atoms with Gasteiger partial charge < -0.3 is 16.0 Å². The van der Waals surface area contributed by atoms with Crippen LogP contribution in [-0.2, 0) is 0 Å². The van der Waals surface area contributed by atoms with Crippen LogP contribution in [0.1, 0.15) is 10.4 Å². The number of urea groups is 1. The van der Waals surface area contributed by atoms with Crippen molar-refractivity contribution in [2.24, 2.45) is 0 Å². The summed E-state index contributed by atoms with van der Waals surface area (Å²) in [7, 11) is 0. The molecule has 9 heteroatoms. The van der Waals surface area contributed by atoms with E-state index in [0.29, 0.717) is 17.9 Å². The first kappa shape index (κ1) is 18.9. The Morgan fingerprint density at radius 3 is 2.31 bits per heavy atom. The zero-order valence-electron chi connectivity index (χ0n) is 13.5. The van der Waals surface area contributed by atoms with Gasteiger partial charge in [0.15, 0.2) is 0 Å². The molecule has 2 aromatic carbocycles. The van der Waals surface area contributed by atoms with Gasteiger partial charge in [-0.05, 0) is 30.3 Å². The number of nitro groups is 1. The Hall–Kier alpha value is -3.39. The second-order valence-corrected chi connectivity index (χ2v) is 5.48. The predicted molar refractivity (Wildman–Crippen MR) is 99.7 cm³/mol. The number of anilines is 2. The molecular formula is C17H15ClN4O4. The molecule has 0 aliphatic carbocycles. The highest BCUT2D eigenvalue weighted by molar-refractivity contribution is 6.34. The average Bonchev–Trinajstić information content (AvgIpc) is 2.61. The highest BCUT2D eigenvalue weighted by atomic mass is 35.5. The van der Waals surface area contributed by atoms with Crippen molar-refractivity contribution in [3.63, 3.8) is 0 Å². The maximum absolute atomic E-state index is 12.3. The maximum atomic E-state index is 12.3. The van der Waals surface area contributed by atoms with Gasteiger partial charge in [0.25, 0.3) is 11.6 Å². The molecule has 2 aromatic rings. The summed E-state index contributed by atoms with van der Waals surface area (Å²) in [4.78, 5) is 34.0. The van der Waals surface area contributed by atoms with Gasteiger partial charge in [-0.1, -0.05) is 17.7 Å². The SMILES string of the molecule is C=CCNC(=O)Nc1ccc(NC(=O)c2cc([N+](=O)[O-])ccc2Cl)cc1. The first-order valence-electron chi connectivity index (χ1n) is 7.42. The molecule has 3 N–H and O–H groups in total. The van der Waals surface area contributed by atoms with Crippen LogP contribution in [0.4, 0.5) is 21.9 Å². The fraction of sp³-hybridized carbons (Fsp3) is 0.0588. The molecule has 0 saturated heterocycles. The lowest BCUT2D eigenvalue weighted by Crippen LogP contribution is -2.28. The minimum Gasteiger partial charge on any atom is -0.334 e. The van der Waals surface area contributed by atoms with Crippen molar-refractivity contribution in [3.8, 4) is 0 Å². The fourth-order valence-electron chi connectivity index (χ4n) is 1.98. The van der Waals surface area contributed by atoms with Gasteiger partial charge >= 0.3 is 6.03 Å². The van der Waals surface area contributed by atoms with Gasteiger partial charge in [-0.25, -0.2) is 4.79 Å². The quantitative estimate of drug-likeness (QED) is 0.405. The second-order valence-electron chi connectivity index (χ2n) is 5.08. The molecule has 3 amide bonds. The van der Waals surface area contributed by atoms with E-state index in [4.69, 9.17) is 11.6 Å². The van der Waals surface area contributed by atoms with Crippen LogP contribution in [0.15, 0.2) is 55.1 Å². The molecule has 0 aliphatic rings. The molecule has 0 saturated carbocycles. The number of hydrogen-bond donors (Lipinski definition) is 3. The minimum atomic E-state index is -0.606. The first-order chi connectivity index (χ1) is 12.4. The van der Waals surface area contributed by atoms with Gasteiger partial charge in [-0.2, -0.15) is 0 Å². The summed E-state index contributed by atoms with van der Waals surface area (Å²) in [5.41, 5.74) is 0.726. The van der Waals surface area contributed by atoms with Crippen molar-refractivity contribution in [3.05, 3.63) is 75.8 Å². The van der Waals surface area contributed by atoms with Gasteiger partial charge in [-0.15, -0.1) is 6.58 Å². The van der Waals surface area contributed by atoms with Crippen LogP contribution in [0.25, 0.3) is 0 Å². The summed E-state index contributed by atoms with van der Waals surface area (Å²) in [5.74, 6) is -0.580. The number of nitrogens with zero attached hydrogens (tertiary/aromatic N) is 1. The van der Waals surface area contributed by atoms with Crippen molar-refractivity contribution in [2.45, 2.75) is 0 Å². The van der Waals surface area contributed by atoms with Crippen molar-refractivity contribution in [1.82, 2.24) is 5.32 Å². The lowest BCUT2D eigenvalue weighted by atomic mass is 10.2. The topological polar surface area (TPSA) is 113 Å². The molecular weight excluding hydrogens is 360 g/mol. The smallest absolute Gasteiger partial charge is 0.319 e. The van der Waals surface area contributed by atoms with Crippen LogP contribution in [-0.4, -0.2) is 23.4 Å². The number of nitro benzene ring substituents is 1. The molecule has 0 heterocycles. The number of hydrogen-bond acceptors (Lipinski definition) is 4. The van der Waals surface area contributed by atoms with E-state index >= 15 is 0 Å².